The lowest BCUT2D eigenvalue weighted by molar-refractivity contribution is -0.141. The maximum atomic E-state index is 13.0. The number of nitrogens with one attached hydrogen (secondary N) is 1. The molecule has 1 saturated heterocycles. The predicted octanol–water partition coefficient (Wildman–Crippen LogP) is 1.94. The second-order valence-electron chi connectivity index (χ2n) is 6.32. The fourth-order valence-electron chi connectivity index (χ4n) is 2.97. The zero-order valence-corrected chi connectivity index (χ0v) is 14.4. The minimum Gasteiger partial charge on any atom is -0.354 e. The van der Waals surface area contributed by atoms with Gasteiger partial charge in [-0.2, -0.15) is 18.3 Å². The molecule has 3 heterocycles. The van der Waals surface area contributed by atoms with Gasteiger partial charge in [-0.15, -0.1) is 0 Å². The van der Waals surface area contributed by atoms with Crippen LogP contribution in [0.4, 0.5) is 19.0 Å². The Morgan fingerprint density at radius 3 is 2.77 bits per heavy atom. The summed E-state index contributed by atoms with van der Waals surface area (Å²) in [5.41, 5.74) is -0.511. The van der Waals surface area contributed by atoms with Crippen molar-refractivity contribution in [3.63, 3.8) is 0 Å². The van der Waals surface area contributed by atoms with Crippen LogP contribution in [0.1, 0.15) is 34.7 Å². The number of anilines is 1. The van der Waals surface area contributed by atoms with Crippen molar-refractivity contribution in [2.75, 3.05) is 18.0 Å². The molecule has 1 fully saturated rings. The van der Waals surface area contributed by atoms with Crippen LogP contribution >= 0.6 is 0 Å². The Labute approximate surface area is 148 Å². The molecule has 1 aliphatic rings. The molecule has 0 saturated carbocycles. The summed E-state index contributed by atoms with van der Waals surface area (Å²) in [6, 6.07) is 0.777. The van der Waals surface area contributed by atoms with Gasteiger partial charge in [-0.25, -0.2) is 9.97 Å². The Bertz CT molecular complexity index is 804. The zero-order valence-electron chi connectivity index (χ0n) is 14.4. The summed E-state index contributed by atoms with van der Waals surface area (Å²) in [5, 5.41) is 6.87. The standard InChI is InChI=1S/C16H19F3N6O/c1-10-21-13(16(17,18)19)6-14(22-10)25-5-3-4-12(9-25)23-15(26)11-7-20-24(2)8-11/h6-8,12H,3-5,9H2,1-2H3,(H,23,26). The molecular formula is C16H19F3N6O. The van der Waals surface area contributed by atoms with Gasteiger partial charge in [-0.3, -0.25) is 9.48 Å². The molecular weight excluding hydrogens is 349 g/mol. The van der Waals surface area contributed by atoms with Gasteiger partial charge in [0.05, 0.1) is 11.8 Å². The van der Waals surface area contributed by atoms with Crippen LogP contribution in [-0.4, -0.2) is 44.8 Å². The first-order chi connectivity index (χ1) is 12.2. The van der Waals surface area contributed by atoms with E-state index in [-0.39, 0.29) is 23.6 Å². The summed E-state index contributed by atoms with van der Waals surface area (Å²) in [7, 11) is 1.72. The van der Waals surface area contributed by atoms with Crippen LogP contribution < -0.4 is 10.2 Å². The van der Waals surface area contributed by atoms with E-state index in [1.807, 2.05) is 0 Å². The van der Waals surface area contributed by atoms with Crippen molar-refractivity contribution in [3.8, 4) is 0 Å². The van der Waals surface area contributed by atoms with Crippen molar-refractivity contribution in [1.29, 1.82) is 0 Å². The summed E-state index contributed by atoms with van der Waals surface area (Å²) < 4.78 is 40.5. The molecule has 0 radical (unpaired) electrons. The highest BCUT2D eigenvalue weighted by atomic mass is 19.4. The lowest BCUT2D eigenvalue weighted by Crippen LogP contribution is -2.48. The molecule has 0 bridgehead atoms. The fourth-order valence-corrected chi connectivity index (χ4v) is 2.97. The Balaban J connectivity index is 1.72. The van der Waals surface area contributed by atoms with Crippen LogP contribution in [0, 0.1) is 6.92 Å². The van der Waals surface area contributed by atoms with E-state index in [0.29, 0.717) is 18.7 Å². The third kappa shape index (κ3) is 4.12. The number of halogens is 3. The SMILES string of the molecule is Cc1nc(N2CCCC(NC(=O)c3cnn(C)c3)C2)cc(C(F)(F)F)n1. The van der Waals surface area contributed by atoms with Crippen molar-refractivity contribution in [2.45, 2.75) is 32.0 Å². The van der Waals surface area contributed by atoms with E-state index < -0.39 is 11.9 Å². The Morgan fingerprint density at radius 2 is 2.12 bits per heavy atom. The number of aryl methyl sites for hydroxylation is 2. The lowest BCUT2D eigenvalue weighted by Gasteiger charge is -2.34. The molecule has 1 atom stereocenters. The van der Waals surface area contributed by atoms with Gasteiger partial charge in [0.2, 0.25) is 0 Å². The normalized spacial score (nSPS) is 18.0. The Hall–Kier alpha value is -2.65. The van der Waals surface area contributed by atoms with Gasteiger partial charge >= 0.3 is 6.18 Å². The summed E-state index contributed by atoms with van der Waals surface area (Å²) in [6.45, 7) is 2.40. The van der Waals surface area contributed by atoms with Crippen LogP contribution in [0.2, 0.25) is 0 Å². The largest absolute Gasteiger partial charge is 0.433 e. The monoisotopic (exact) mass is 368 g/mol. The van der Waals surface area contributed by atoms with E-state index in [1.165, 1.54) is 17.8 Å². The first-order valence-corrected chi connectivity index (χ1v) is 8.20. The summed E-state index contributed by atoms with van der Waals surface area (Å²) in [4.78, 5) is 21.6. The van der Waals surface area contributed by atoms with Gasteiger partial charge < -0.3 is 10.2 Å². The van der Waals surface area contributed by atoms with Gasteiger partial charge in [-0.1, -0.05) is 0 Å². The average molecular weight is 368 g/mol. The molecule has 0 spiro atoms. The highest BCUT2D eigenvalue weighted by molar-refractivity contribution is 5.93. The van der Waals surface area contributed by atoms with Gasteiger partial charge in [0.1, 0.15) is 17.3 Å². The smallest absolute Gasteiger partial charge is 0.354 e. The molecule has 0 aliphatic carbocycles. The molecule has 0 aromatic carbocycles. The molecule has 7 nitrogen and oxygen atoms in total. The van der Waals surface area contributed by atoms with Gasteiger partial charge in [-0.05, 0) is 19.8 Å². The van der Waals surface area contributed by atoms with E-state index in [4.69, 9.17) is 0 Å². The van der Waals surface area contributed by atoms with Crippen LogP contribution in [0.3, 0.4) is 0 Å². The van der Waals surface area contributed by atoms with Crippen LogP contribution in [0.15, 0.2) is 18.5 Å². The van der Waals surface area contributed by atoms with Crippen LogP contribution in [0.5, 0.6) is 0 Å². The first-order valence-electron chi connectivity index (χ1n) is 8.20. The number of carbonyl (C=O) groups is 1. The fraction of sp³-hybridized carbons (Fsp3) is 0.500. The topological polar surface area (TPSA) is 75.9 Å². The summed E-state index contributed by atoms with van der Waals surface area (Å²) >= 11 is 0. The van der Waals surface area contributed by atoms with Crippen molar-refractivity contribution in [3.05, 3.63) is 35.5 Å². The van der Waals surface area contributed by atoms with Crippen molar-refractivity contribution >= 4 is 11.7 Å². The summed E-state index contributed by atoms with van der Waals surface area (Å²) in [5.74, 6) is 0.0429. The molecule has 1 unspecified atom stereocenters. The van der Waals surface area contributed by atoms with E-state index in [2.05, 4.69) is 20.4 Å². The van der Waals surface area contributed by atoms with Gasteiger partial charge in [0, 0.05) is 38.4 Å². The number of carbonyl (C=O) groups excluding carboxylic acids is 1. The average Bonchev–Trinajstić information content (AvgIpc) is 3.00. The number of piperidine rings is 1. The molecule has 26 heavy (non-hydrogen) atoms. The zero-order chi connectivity index (χ0) is 18.9. The van der Waals surface area contributed by atoms with E-state index in [9.17, 15) is 18.0 Å². The predicted molar refractivity (Wildman–Crippen MR) is 87.7 cm³/mol. The second-order valence-corrected chi connectivity index (χ2v) is 6.32. The first kappa shape index (κ1) is 18.2. The van der Waals surface area contributed by atoms with Crippen molar-refractivity contribution < 1.29 is 18.0 Å². The number of rotatable bonds is 3. The highest BCUT2D eigenvalue weighted by Crippen LogP contribution is 2.30. The highest BCUT2D eigenvalue weighted by Gasteiger charge is 2.34. The molecule has 2 aromatic rings. The third-order valence-electron chi connectivity index (χ3n) is 4.16. The number of aromatic nitrogens is 4. The molecule has 1 amide bonds. The van der Waals surface area contributed by atoms with Crippen LogP contribution in [0.25, 0.3) is 0 Å². The lowest BCUT2D eigenvalue weighted by atomic mass is 10.1. The van der Waals surface area contributed by atoms with E-state index in [1.54, 1.807) is 18.1 Å². The van der Waals surface area contributed by atoms with Crippen molar-refractivity contribution in [2.24, 2.45) is 7.05 Å². The molecule has 1 aliphatic heterocycles. The minimum atomic E-state index is -4.52. The quantitative estimate of drug-likeness (QED) is 0.896. The maximum absolute atomic E-state index is 13.0. The van der Waals surface area contributed by atoms with Crippen molar-refractivity contribution in [1.82, 2.24) is 25.1 Å². The molecule has 1 N–H and O–H groups in total. The maximum Gasteiger partial charge on any atom is 0.433 e. The third-order valence-corrected chi connectivity index (χ3v) is 4.16. The van der Waals surface area contributed by atoms with Gasteiger partial charge in [0.25, 0.3) is 5.91 Å². The number of amides is 1. The molecule has 140 valence electrons. The Morgan fingerprint density at radius 1 is 1.35 bits per heavy atom. The number of alkyl halides is 3. The number of hydrogen-bond acceptors (Lipinski definition) is 5. The number of nitrogens with zero attached hydrogens (tertiary/aromatic N) is 5. The molecule has 10 heteroatoms. The van der Waals surface area contributed by atoms with E-state index in [0.717, 1.165) is 18.9 Å². The van der Waals surface area contributed by atoms with E-state index >= 15 is 0 Å². The Kier molecular flexibility index (Phi) is 4.84. The summed E-state index contributed by atoms with van der Waals surface area (Å²) in [6.07, 6.45) is 0.0475. The second kappa shape index (κ2) is 6.93. The molecule has 2 aromatic heterocycles. The van der Waals surface area contributed by atoms with Gasteiger partial charge in [0.15, 0.2) is 0 Å². The minimum absolute atomic E-state index is 0.0661. The molecule has 3 rings (SSSR count). The number of hydrogen-bond donors (Lipinski definition) is 1. The van der Waals surface area contributed by atoms with Crippen LogP contribution in [-0.2, 0) is 13.2 Å².